The predicted molar refractivity (Wildman–Crippen MR) is 171 cm³/mol. The third-order valence-corrected chi connectivity index (χ3v) is 10.5. The third-order valence-electron chi connectivity index (χ3n) is 8.88. The molecule has 3 aliphatic heterocycles. The summed E-state index contributed by atoms with van der Waals surface area (Å²) in [5, 5.41) is 5.67. The predicted octanol–water partition coefficient (Wildman–Crippen LogP) is 4.02. The van der Waals surface area contributed by atoms with E-state index in [1.807, 2.05) is 18.2 Å². The molecule has 0 radical (unpaired) electrons. The Morgan fingerprint density at radius 1 is 1.02 bits per heavy atom. The van der Waals surface area contributed by atoms with Crippen molar-refractivity contribution in [3.05, 3.63) is 74.9 Å². The molecule has 6 rings (SSSR count). The molecule has 1 aromatic heterocycles. The smallest absolute Gasteiger partial charge is 0.211 e. The van der Waals surface area contributed by atoms with Gasteiger partial charge < -0.3 is 9.64 Å². The number of hydrogen-bond acceptors (Lipinski definition) is 6. The Morgan fingerprint density at radius 3 is 2.70 bits per heavy atom. The molecule has 3 aliphatic rings. The number of ether oxygens (including phenoxy) is 1. The molecule has 43 heavy (non-hydrogen) atoms. The minimum absolute atomic E-state index is 0.317. The fourth-order valence-electron chi connectivity index (χ4n) is 6.36. The lowest BCUT2D eigenvalue weighted by Crippen LogP contribution is -2.44. The van der Waals surface area contributed by atoms with Gasteiger partial charge in [-0.2, -0.15) is 9.40 Å². The molecule has 0 spiro atoms. The molecule has 0 N–H and O–H groups in total. The second-order valence-electron chi connectivity index (χ2n) is 12.1. The van der Waals surface area contributed by atoms with Gasteiger partial charge in [-0.15, -0.1) is 0 Å². The van der Waals surface area contributed by atoms with Gasteiger partial charge >= 0.3 is 0 Å². The van der Waals surface area contributed by atoms with Crippen LogP contribution in [0.25, 0.3) is 11.3 Å². The zero-order valence-corrected chi connectivity index (χ0v) is 26.8. The van der Waals surface area contributed by atoms with Gasteiger partial charge in [-0.3, -0.25) is 9.58 Å². The van der Waals surface area contributed by atoms with E-state index >= 15 is 0 Å². The summed E-state index contributed by atoms with van der Waals surface area (Å²) in [6.45, 7) is 9.26. The van der Waals surface area contributed by atoms with Gasteiger partial charge in [0.05, 0.1) is 30.2 Å². The van der Waals surface area contributed by atoms with Crippen LogP contribution in [0.5, 0.6) is 0 Å². The molecule has 4 heterocycles. The number of benzene rings is 2. The molecule has 228 valence electrons. The highest BCUT2D eigenvalue weighted by Gasteiger charge is 2.30. The lowest BCUT2D eigenvalue weighted by molar-refractivity contribution is -0.00122. The molecule has 2 aromatic carbocycles. The van der Waals surface area contributed by atoms with Crippen LogP contribution in [-0.2, 0) is 47.2 Å². The van der Waals surface area contributed by atoms with Crippen molar-refractivity contribution in [2.45, 2.75) is 51.9 Å². The number of likely N-dealkylation sites (N-methyl/N-ethyl adjacent to an activating group) is 1. The van der Waals surface area contributed by atoms with E-state index in [-0.39, 0.29) is 0 Å². The topological polar surface area (TPSA) is 70.9 Å². The Bertz CT molecular complexity index is 1680. The Labute approximate surface area is 260 Å². The summed E-state index contributed by atoms with van der Waals surface area (Å²) in [5.41, 5.74) is 8.23. The fraction of sp³-hybridized carbons (Fsp3) is 0.485. The number of nitrogens with zero attached hydrogens (tertiary/aromatic N) is 5. The maximum atomic E-state index is 12.5. The van der Waals surface area contributed by atoms with Crippen molar-refractivity contribution in [2.24, 2.45) is 0 Å². The molecule has 0 unspecified atom stereocenters. The lowest BCUT2D eigenvalue weighted by Gasteiger charge is -2.33. The van der Waals surface area contributed by atoms with Crippen molar-refractivity contribution >= 4 is 21.6 Å². The normalized spacial score (nSPS) is 19.9. The zero-order valence-electron chi connectivity index (χ0n) is 25.3. The maximum absolute atomic E-state index is 12.5. The fourth-order valence-corrected chi connectivity index (χ4v) is 7.31. The summed E-state index contributed by atoms with van der Waals surface area (Å²) in [5.74, 6) is 6.62. The standard InChI is InChI=1S/C33H40ClN5O3S/c1-24-23-42-18-17-37(24)13-4-14-39-32-12-16-38(43(3,40)41)22-30(32)33(35-39)28-9-10-31(34)27(20-28)7-5-25-6-8-29-21-36(2)15-11-26(29)19-25/h6,8-10,19-20,24H,4,11-18,21-23H2,1-3H3/t24-/m0/s1. The molecule has 1 atom stereocenters. The van der Waals surface area contributed by atoms with Crippen molar-refractivity contribution in [3.8, 4) is 23.1 Å². The average molecular weight is 622 g/mol. The highest BCUT2D eigenvalue weighted by molar-refractivity contribution is 7.88. The third kappa shape index (κ3) is 6.85. The zero-order chi connectivity index (χ0) is 30.1. The van der Waals surface area contributed by atoms with E-state index in [1.165, 1.54) is 17.4 Å². The second-order valence-corrected chi connectivity index (χ2v) is 14.5. The van der Waals surface area contributed by atoms with Gasteiger partial charge in [-0.05, 0) is 62.2 Å². The van der Waals surface area contributed by atoms with Gasteiger partial charge in [0.15, 0.2) is 0 Å². The van der Waals surface area contributed by atoms with E-state index in [2.05, 4.69) is 58.5 Å². The molecule has 3 aromatic rings. The Hall–Kier alpha value is -2.71. The summed E-state index contributed by atoms with van der Waals surface area (Å²) in [4.78, 5) is 4.80. The van der Waals surface area contributed by atoms with Crippen molar-refractivity contribution in [3.63, 3.8) is 0 Å². The summed E-state index contributed by atoms with van der Waals surface area (Å²) in [7, 11) is -1.18. The molecule has 0 bridgehead atoms. The minimum atomic E-state index is -3.33. The average Bonchev–Trinajstić information content (AvgIpc) is 3.35. The van der Waals surface area contributed by atoms with Gasteiger partial charge in [0, 0.05) is 86.2 Å². The van der Waals surface area contributed by atoms with Gasteiger partial charge in [-0.25, -0.2) is 8.42 Å². The molecular formula is C33H40ClN5O3S. The monoisotopic (exact) mass is 621 g/mol. The van der Waals surface area contributed by atoms with Crippen LogP contribution in [0, 0.1) is 11.8 Å². The Balaban J connectivity index is 1.28. The van der Waals surface area contributed by atoms with Crippen LogP contribution in [-0.4, -0.2) is 91.0 Å². The molecular weight excluding hydrogens is 582 g/mol. The minimum Gasteiger partial charge on any atom is -0.379 e. The quantitative estimate of drug-likeness (QED) is 0.388. The van der Waals surface area contributed by atoms with Crippen LogP contribution in [0.15, 0.2) is 36.4 Å². The molecule has 1 saturated heterocycles. The number of aryl methyl sites for hydroxylation is 1. The summed E-state index contributed by atoms with van der Waals surface area (Å²) < 4.78 is 34.2. The van der Waals surface area contributed by atoms with E-state index in [4.69, 9.17) is 21.4 Å². The van der Waals surface area contributed by atoms with Gasteiger partial charge in [0.2, 0.25) is 10.0 Å². The number of fused-ring (bicyclic) bond motifs is 2. The van der Waals surface area contributed by atoms with Crippen molar-refractivity contribution in [2.75, 3.05) is 52.7 Å². The van der Waals surface area contributed by atoms with Crippen molar-refractivity contribution < 1.29 is 13.2 Å². The van der Waals surface area contributed by atoms with Crippen molar-refractivity contribution in [1.29, 1.82) is 0 Å². The highest BCUT2D eigenvalue weighted by Crippen LogP contribution is 2.33. The molecule has 10 heteroatoms. The molecule has 1 fully saturated rings. The first-order chi connectivity index (χ1) is 20.7. The van der Waals surface area contributed by atoms with Crippen LogP contribution in [0.2, 0.25) is 5.02 Å². The second kappa shape index (κ2) is 12.7. The molecule has 0 amide bonds. The van der Waals surface area contributed by atoms with E-state index in [0.717, 1.165) is 92.4 Å². The number of sulfonamides is 1. The van der Waals surface area contributed by atoms with E-state index in [9.17, 15) is 8.42 Å². The largest absolute Gasteiger partial charge is 0.379 e. The number of rotatable bonds is 6. The van der Waals surface area contributed by atoms with Crippen molar-refractivity contribution in [1.82, 2.24) is 23.9 Å². The van der Waals surface area contributed by atoms with Gasteiger partial charge in [-0.1, -0.05) is 35.6 Å². The summed E-state index contributed by atoms with van der Waals surface area (Å²) >= 11 is 6.63. The van der Waals surface area contributed by atoms with Crippen LogP contribution in [0.3, 0.4) is 0 Å². The maximum Gasteiger partial charge on any atom is 0.211 e. The number of hydrogen-bond donors (Lipinski definition) is 0. The summed E-state index contributed by atoms with van der Waals surface area (Å²) in [6.07, 6.45) is 3.90. The first-order valence-corrected chi connectivity index (χ1v) is 17.4. The Kier molecular flexibility index (Phi) is 8.97. The summed E-state index contributed by atoms with van der Waals surface area (Å²) in [6, 6.07) is 12.7. The molecule has 8 nitrogen and oxygen atoms in total. The number of halogens is 1. The van der Waals surface area contributed by atoms with Gasteiger partial charge in [0.1, 0.15) is 0 Å². The van der Waals surface area contributed by atoms with E-state index < -0.39 is 10.0 Å². The molecule has 0 saturated carbocycles. The van der Waals surface area contributed by atoms with E-state index in [0.29, 0.717) is 30.6 Å². The molecule has 0 aliphatic carbocycles. The SMILES string of the molecule is C[C@H]1COCCN1CCCn1nc(-c2ccc(Cl)c(C#Cc3ccc4c(c3)CCN(C)C4)c2)c2c1CCN(S(C)(=O)=O)C2. The Morgan fingerprint density at radius 2 is 1.88 bits per heavy atom. The van der Waals surface area contributed by atoms with Crippen LogP contribution < -0.4 is 0 Å². The van der Waals surface area contributed by atoms with Crippen LogP contribution in [0.1, 0.15) is 46.9 Å². The highest BCUT2D eigenvalue weighted by atomic mass is 35.5. The number of aromatic nitrogens is 2. The van der Waals surface area contributed by atoms with E-state index in [1.54, 1.807) is 4.31 Å². The first kappa shape index (κ1) is 30.3. The number of morpholine rings is 1. The van der Waals surface area contributed by atoms with Crippen LogP contribution in [0.4, 0.5) is 0 Å². The van der Waals surface area contributed by atoms with Gasteiger partial charge in [0.25, 0.3) is 0 Å². The lowest BCUT2D eigenvalue weighted by atomic mass is 9.97. The van der Waals surface area contributed by atoms with Crippen LogP contribution >= 0.6 is 11.6 Å². The first-order valence-electron chi connectivity index (χ1n) is 15.1.